The quantitative estimate of drug-likeness (QED) is 0.194. The number of carbonyl (C=O) groups is 1. The zero-order chi connectivity index (χ0) is 17.3. The minimum Gasteiger partial charge on any atom is -0.383 e. The van der Waals surface area contributed by atoms with Crippen LogP contribution in [0.25, 0.3) is 0 Å². The average molecular weight is 456 g/mol. The minimum atomic E-state index is -0.00577. The van der Waals surface area contributed by atoms with Gasteiger partial charge in [-0.3, -0.25) is 4.79 Å². The lowest BCUT2D eigenvalue weighted by Crippen LogP contribution is -2.40. The number of ether oxygens (including phenoxy) is 1. The van der Waals surface area contributed by atoms with E-state index in [4.69, 9.17) is 4.74 Å². The van der Waals surface area contributed by atoms with Gasteiger partial charge in [0.05, 0.1) is 6.61 Å². The van der Waals surface area contributed by atoms with Crippen LogP contribution in [0.5, 0.6) is 0 Å². The monoisotopic (exact) mass is 456 g/mol. The fourth-order valence-corrected chi connectivity index (χ4v) is 2.02. The van der Waals surface area contributed by atoms with Gasteiger partial charge in [-0.05, 0) is 6.42 Å². The van der Waals surface area contributed by atoms with Crippen molar-refractivity contribution in [2.24, 2.45) is 4.99 Å². The molecule has 0 bridgehead atoms. The number of rotatable bonds is 13. The van der Waals surface area contributed by atoms with Crippen LogP contribution in [0, 0.1) is 0 Å². The van der Waals surface area contributed by atoms with Crippen LogP contribution in [-0.4, -0.2) is 64.2 Å². The van der Waals surface area contributed by atoms with Gasteiger partial charge in [0.2, 0.25) is 5.91 Å². The molecule has 1 amide bonds. The number of methoxy groups -OCH3 is 1. The van der Waals surface area contributed by atoms with Gasteiger partial charge in [-0.2, -0.15) is 0 Å². The molecule has 0 saturated heterocycles. The fraction of sp³-hybridized carbons (Fsp3) is 0.882. The molecule has 7 heteroatoms. The first kappa shape index (κ1) is 25.7. The molecule has 0 rings (SSSR count). The standard InChI is InChI=1S/C17H36N4O2.HI/c1-5-6-7-8-9-10-11-12-18-17(19-13-14-23-4)20-15-16(22)21(2)3;/h5-15H2,1-4H3,(H2,18,19,20);1H. The summed E-state index contributed by atoms with van der Waals surface area (Å²) in [5.41, 5.74) is 0. The van der Waals surface area contributed by atoms with Crippen LogP contribution in [0.3, 0.4) is 0 Å². The molecule has 0 heterocycles. The van der Waals surface area contributed by atoms with Gasteiger partial charge >= 0.3 is 0 Å². The molecule has 144 valence electrons. The van der Waals surface area contributed by atoms with E-state index in [1.807, 2.05) is 0 Å². The topological polar surface area (TPSA) is 66.0 Å². The molecule has 0 fully saturated rings. The van der Waals surface area contributed by atoms with E-state index < -0.39 is 0 Å². The van der Waals surface area contributed by atoms with Gasteiger partial charge in [-0.15, -0.1) is 24.0 Å². The van der Waals surface area contributed by atoms with Gasteiger partial charge in [0, 0.05) is 34.3 Å². The summed E-state index contributed by atoms with van der Waals surface area (Å²) in [6.45, 7) is 4.56. The van der Waals surface area contributed by atoms with E-state index in [2.05, 4.69) is 22.5 Å². The summed E-state index contributed by atoms with van der Waals surface area (Å²) in [6, 6.07) is 0. The average Bonchev–Trinajstić information content (AvgIpc) is 2.54. The highest BCUT2D eigenvalue weighted by molar-refractivity contribution is 14.0. The number of unbranched alkanes of at least 4 members (excludes halogenated alkanes) is 6. The summed E-state index contributed by atoms with van der Waals surface area (Å²) >= 11 is 0. The second-order valence-electron chi connectivity index (χ2n) is 5.92. The van der Waals surface area contributed by atoms with E-state index in [0.29, 0.717) is 19.1 Å². The number of guanidine groups is 1. The van der Waals surface area contributed by atoms with Crippen molar-refractivity contribution in [3.05, 3.63) is 0 Å². The molecule has 0 aromatic rings. The van der Waals surface area contributed by atoms with Gasteiger partial charge in [0.15, 0.2) is 5.96 Å². The third kappa shape index (κ3) is 16.3. The molecule has 0 unspecified atom stereocenters. The van der Waals surface area contributed by atoms with E-state index in [0.717, 1.165) is 13.0 Å². The van der Waals surface area contributed by atoms with E-state index in [1.54, 1.807) is 26.1 Å². The summed E-state index contributed by atoms with van der Waals surface area (Å²) < 4.78 is 5.03. The first-order chi connectivity index (χ1) is 11.1. The Hall–Kier alpha value is -0.570. The maximum Gasteiger partial charge on any atom is 0.243 e. The minimum absolute atomic E-state index is 0. The third-order valence-electron chi connectivity index (χ3n) is 3.54. The fourth-order valence-electron chi connectivity index (χ4n) is 2.02. The maximum absolute atomic E-state index is 11.6. The SMILES string of the molecule is CCCCCCCCCNC(=NCC(=O)N(C)C)NCCOC.I. The highest BCUT2D eigenvalue weighted by Crippen LogP contribution is 2.06. The number of hydrogen-bond donors (Lipinski definition) is 2. The Morgan fingerprint density at radius 1 is 1.00 bits per heavy atom. The molecule has 0 aliphatic carbocycles. The Kier molecular flexibility index (Phi) is 20.1. The maximum atomic E-state index is 11.6. The van der Waals surface area contributed by atoms with Crippen molar-refractivity contribution < 1.29 is 9.53 Å². The Morgan fingerprint density at radius 2 is 1.58 bits per heavy atom. The van der Waals surface area contributed by atoms with Crippen molar-refractivity contribution in [3.8, 4) is 0 Å². The molecule has 2 N–H and O–H groups in total. The molecule has 0 radical (unpaired) electrons. The first-order valence-corrected chi connectivity index (χ1v) is 8.83. The lowest BCUT2D eigenvalue weighted by atomic mass is 10.1. The second kappa shape index (κ2) is 18.8. The van der Waals surface area contributed by atoms with Gasteiger partial charge in [0.25, 0.3) is 0 Å². The smallest absolute Gasteiger partial charge is 0.243 e. The van der Waals surface area contributed by atoms with Gasteiger partial charge < -0.3 is 20.3 Å². The third-order valence-corrected chi connectivity index (χ3v) is 3.54. The van der Waals surface area contributed by atoms with E-state index in [1.165, 1.54) is 38.5 Å². The molecule has 0 aromatic carbocycles. The number of nitrogens with zero attached hydrogens (tertiary/aromatic N) is 2. The molecular weight excluding hydrogens is 419 g/mol. The molecule has 0 atom stereocenters. The number of aliphatic imine (C=N–C) groups is 1. The summed E-state index contributed by atoms with van der Waals surface area (Å²) in [7, 11) is 5.14. The van der Waals surface area contributed by atoms with Crippen LogP contribution in [0.1, 0.15) is 51.9 Å². The molecule has 24 heavy (non-hydrogen) atoms. The van der Waals surface area contributed by atoms with Gasteiger partial charge in [0.1, 0.15) is 6.54 Å². The van der Waals surface area contributed by atoms with Crippen molar-refractivity contribution in [1.82, 2.24) is 15.5 Å². The number of carbonyl (C=O) groups excluding carboxylic acids is 1. The zero-order valence-electron chi connectivity index (χ0n) is 15.9. The second-order valence-corrected chi connectivity index (χ2v) is 5.92. The Balaban J connectivity index is 0. The molecule has 6 nitrogen and oxygen atoms in total. The lowest BCUT2D eigenvalue weighted by molar-refractivity contribution is -0.127. The number of amides is 1. The Labute approximate surface area is 165 Å². The number of nitrogens with one attached hydrogen (secondary N) is 2. The van der Waals surface area contributed by atoms with Crippen molar-refractivity contribution in [2.45, 2.75) is 51.9 Å². The van der Waals surface area contributed by atoms with Gasteiger partial charge in [-0.25, -0.2) is 4.99 Å². The van der Waals surface area contributed by atoms with Crippen molar-refractivity contribution in [2.75, 3.05) is 47.4 Å². The van der Waals surface area contributed by atoms with Crippen molar-refractivity contribution in [3.63, 3.8) is 0 Å². The summed E-state index contributed by atoms with van der Waals surface area (Å²) in [6.07, 6.45) is 8.97. The molecule has 0 saturated carbocycles. The largest absolute Gasteiger partial charge is 0.383 e. The van der Waals surface area contributed by atoms with Crippen LogP contribution in [0.15, 0.2) is 4.99 Å². The van der Waals surface area contributed by atoms with Crippen LogP contribution in [0.2, 0.25) is 0 Å². The molecule has 0 aliphatic rings. The Bertz CT molecular complexity index is 326. The summed E-state index contributed by atoms with van der Waals surface area (Å²) in [5, 5.41) is 6.46. The molecule has 0 spiro atoms. The first-order valence-electron chi connectivity index (χ1n) is 8.83. The normalized spacial score (nSPS) is 10.9. The number of halogens is 1. The molecule has 0 aromatic heterocycles. The highest BCUT2D eigenvalue weighted by Gasteiger charge is 2.04. The van der Waals surface area contributed by atoms with Crippen molar-refractivity contribution in [1.29, 1.82) is 0 Å². The highest BCUT2D eigenvalue weighted by atomic mass is 127. The predicted octanol–water partition coefficient (Wildman–Crippen LogP) is 2.62. The van der Waals surface area contributed by atoms with E-state index >= 15 is 0 Å². The van der Waals surface area contributed by atoms with Gasteiger partial charge in [-0.1, -0.05) is 45.4 Å². The summed E-state index contributed by atoms with van der Waals surface area (Å²) in [4.78, 5) is 17.5. The number of hydrogen-bond acceptors (Lipinski definition) is 3. The van der Waals surface area contributed by atoms with E-state index in [-0.39, 0.29) is 36.4 Å². The number of likely N-dealkylation sites (N-methyl/N-ethyl adjacent to an activating group) is 1. The van der Waals surface area contributed by atoms with Crippen molar-refractivity contribution >= 4 is 35.8 Å². The van der Waals surface area contributed by atoms with Crippen LogP contribution in [0.4, 0.5) is 0 Å². The van der Waals surface area contributed by atoms with Crippen LogP contribution in [-0.2, 0) is 9.53 Å². The zero-order valence-corrected chi connectivity index (χ0v) is 18.2. The predicted molar refractivity (Wildman–Crippen MR) is 112 cm³/mol. The van der Waals surface area contributed by atoms with Crippen LogP contribution < -0.4 is 10.6 Å². The Morgan fingerprint density at radius 3 is 2.17 bits per heavy atom. The summed E-state index contributed by atoms with van der Waals surface area (Å²) in [5.74, 6) is 0.678. The molecular formula is C17H37IN4O2. The van der Waals surface area contributed by atoms with Crippen LogP contribution >= 0.6 is 24.0 Å². The van der Waals surface area contributed by atoms with E-state index in [9.17, 15) is 4.79 Å². The lowest BCUT2D eigenvalue weighted by Gasteiger charge is -2.13. The molecule has 0 aliphatic heterocycles.